The van der Waals surface area contributed by atoms with Gasteiger partial charge in [-0.1, -0.05) is 18.0 Å². The molecule has 1 aliphatic heterocycles. The van der Waals surface area contributed by atoms with Crippen molar-refractivity contribution in [2.24, 2.45) is 0 Å². The van der Waals surface area contributed by atoms with Crippen molar-refractivity contribution in [3.63, 3.8) is 0 Å². The van der Waals surface area contributed by atoms with Crippen molar-refractivity contribution in [1.29, 1.82) is 0 Å². The number of anilines is 1. The highest BCUT2D eigenvalue weighted by Crippen LogP contribution is 2.24. The zero-order chi connectivity index (χ0) is 13.0. The molecule has 1 unspecified atom stereocenters. The zero-order valence-electron chi connectivity index (χ0n) is 9.99. The minimum Gasteiger partial charge on any atom is -0.382 e. The lowest BCUT2D eigenvalue weighted by molar-refractivity contribution is 0.0953. The van der Waals surface area contributed by atoms with Gasteiger partial charge in [0, 0.05) is 18.0 Å². The largest absolute Gasteiger partial charge is 0.382 e. The Kier molecular flexibility index (Phi) is 4.72. The number of carbonyl (C=O) groups is 1. The van der Waals surface area contributed by atoms with Crippen molar-refractivity contribution < 1.29 is 4.79 Å². The Morgan fingerprint density at radius 1 is 1.61 bits per heavy atom. The lowest BCUT2D eigenvalue weighted by Gasteiger charge is -2.21. The average molecular weight is 286 g/mol. The molecule has 1 aromatic heterocycles. The second-order valence-corrected chi connectivity index (χ2v) is 6.11. The molecule has 0 aliphatic carbocycles. The summed E-state index contributed by atoms with van der Waals surface area (Å²) in [6, 6.07) is 1.55. The normalized spacial score (nSPS) is 19.5. The van der Waals surface area contributed by atoms with Gasteiger partial charge in [-0.3, -0.25) is 4.79 Å². The number of nitrogens with two attached hydrogens (primary N) is 1. The summed E-state index contributed by atoms with van der Waals surface area (Å²) in [5, 5.41) is 3.76. The molecule has 0 aromatic carbocycles. The lowest BCUT2D eigenvalue weighted by atomic mass is 10.2. The highest BCUT2D eigenvalue weighted by Gasteiger charge is 2.15. The number of nitrogens with zero attached hydrogens (tertiary/aromatic N) is 1. The standard InChI is InChI=1S/C12H16ClN3OS/c13-10-5-8(6-15-11(10)14)12(17)16-7-9-3-1-2-4-18-9/h5-6,9H,1-4,7H2,(H2,14,15)(H,16,17). The van der Waals surface area contributed by atoms with E-state index in [1.165, 1.54) is 31.2 Å². The maximum absolute atomic E-state index is 11.9. The smallest absolute Gasteiger partial charge is 0.252 e. The van der Waals surface area contributed by atoms with Crippen LogP contribution in [0.25, 0.3) is 0 Å². The lowest BCUT2D eigenvalue weighted by Crippen LogP contribution is -2.32. The molecule has 4 nitrogen and oxygen atoms in total. The Morgan fingerprint density at radius 2 is 2.44 bits per heavy atom. The van der Waals surface area contributed by atoms with E-state index in [9.17, 15) is 4.79 Å². The van der Waals surface area contributed by atoms with Gasteiger partial charge in [0.25, 0.3) is 5.91 Å². The summed E-state index contributed by atoms with van der Waals surface area (Å²) in [5.41, 5.74) is 5.96. The zero-order valence-corrected chi connectivity index (χ0v) is 11.6. The first-order valence-corrected chi connectivity index (χ1v) is 7.40. The first kappa shape index (κ1) is 13.5. The van der Waals surface area contributed by atoms with Crippen LogP contribution in [0.1, 0.15) is 29.6 Å². The molecule has 1 atom stereocenters. The molecule has 1 aromatic rings. The molecule has 0 radical (unpaired) electrons. The number of aromatic nitrogens is 1. The van der Waals surface area contributed by atoms with Crippen molar-refractivity contribution in [2.75, 3.05) is 18.0 Å². The van der Waals surface area contributed by atoms with Gasteiger partial charge in [-0.25, -0.2) is 4.98 Å². The SMILES string of the molecule is Nc1ncc(C(=O)NCC2CCCCS2)cc1Cl. The fourth-order valence-electron chi connectivity index (χ4n) is 1.85. The first-order chi connectivity index (χ1) is 8.66. The molecule has 1 aliphatic rings. The molecule has 1 amide bonds. The average Bonchev–Trinajstić information content (AvgIpc) is 2.40. The summed E-state index contributed by atoms with van der Waals surface area (Å²) >= 11 is 7.76. The third-order valence-electron chi connectivity index (χ3n) is 2.90. The number of amides is 1. The van der Waals surface area contributed by atoms with Crippen LogP contribution >= 0.6 is 23.4 Å². The van der Waals surface area contributed by atoms with Gasteiger partial charge in [0.15, 0.2) is 0 Å². The minimum absolute atomic E-state index is 0.143. The van der Waals surface area contributed by atoms with Gasteiger partial charge in [-0.2, -0.15) is 11.8 Å². The Bertz CT molecular complexity index is 435. The molecule has 98 valence electrons. The molecular weight excluding hydrogens is 270 g/mol. The van der Waals surface area contributed by atoms with Crippen molar-refractivity contribution >= 4 is 35.1 Å². The molecule has 0 saturated carbocycles. The number of rotatable bonds is 3. The minimum atomic E-state index is -0.143. The summed E-state index contributed by atoms with van der Waals surface area (Å²) in [7, 11) is 0. The summed E-state index contributed by atoms with van der Waals surface area (Å²) in [6.07, 6.45) is 5.16. The molecule has 0 bridgehead atoms. The number of hydrogen-bond acceptors (Lipinski definition) is 4. The molecule has 1 saturated heterocycles. The van der Waals surface area contributed by atoms with Gasteiger partial charge < -0.3 is 11.1 Å². The van der Waals surface area contributed by atoms with Crippen LogP contribution in [0.15, 0.2) is 12.3 Å². The van der Waals surface area contributed by atoms with Gasteiger partial charge in [0.1, 0.15) is 5.82 Å². The van der Waals surface area contributed by atoms with Crippen LogP contribution in [0, 0.1) is 0 Å². The van der Waals surface area contributed by atoms with E-state index in [1.54, 1.807) is 6.07 Å². The Hall–Kier alpha value is -0.940. The van der Waals surface area contributed by atoms with Crippen LogP contribution in [0.5, 0.6) is 0 Å². The number of nitrogens with one attached hydrogen (secondary N) is 1. The second-order valence-electron chi connectivity index (χ2n) is 4.29. The summed E-state index contributed by atoms with van der Waals surface area (Å²) in [5.74, 6) is 1.29. The maximum Gasteiger partial charge on any atom is 0.252 e. The predicted molar refractivity (Wildman–Crippen MR) is 76.1 cm³/mol. The number of nitrogen functional groups attached to an aromatic ring is 1. The van der Waals surface area contributed by atoms with Gasteiger partial charge >= 0.3 is 0 Å². The molecular formula is C12H16ClN3OS. The number of thioether (sulfide) groups is 1. The fourth-order valence-corrected chi connectivity index (χ4v) is 3.25. The second kappa shape index (κ2) is 6.29. The van der Waals surface area contributed by atoms with Crippen LogP contribution in [0.4, 0.5) is 5.82 Å². The highest BCUT2D eigenvalue weighted by molar-refractivity contribution is 7.99. The van der Waals surface area contributed by atoms with E-state index in [-0.39, 0.29) is 11.7 Å². The molecule has 18 heavy (non-hydrogen) atoms. The third-order valence-corrected chi connectivity index (χ3v) is 4.60. The number of halogens is 1. The summed E-state index contributed by atoms with van der Waals surface area (Å²) < 4.78 is 0. The van der Waals surface area contributed by atoms with E-state index in [0.717, 1.165) is 0 Å². The van der Waals surface area contributed by atoms with Crippen LogP contribution in [0.2, 0.25) is 5.02 Å². The van der Waals surface area contributed by atoms with Gasteiger partial charge in [0.2, 0.25) is 0 Å². The number of carbonyl (C=O) groups excluding carboxylic acids is 1. The van der Waals surface area contributed by atoms with Crippen molar-refractivity contribution in [3.8, 4) is 0 Å². The molecule has 3 N–H and O–H groups in total. The van der Waals surface area contributed by atoms with Crippen LogP contribution in [0.3, 0.4) is 0 Å². The molecule has 1 fully saturated rings. The summed E-state index contributed by atoms with van der Waals surface area (Å²) in [4.78, 5) is 15.8. The molecule has 2 rings (SSSR count). The van der Waals surface area contributed by atoms with Crippen LogP contribution < -0.4 is 11.1 Å². The summed E-state index contributed by atoms with van der Waals surface area (Å²) in [6.45, 7) is 0.700. The van der Waals surface area contributed by atoms with Crippen molar-refractivity contribution in [1.82, 2.24) is 10.3 Å². The monoisotopic (exact) mass is 285 g/mol. The Morgan fingerprint density at radius 3 is 3.11 bits per heavy atom. The van der Waals surface area contributed by atoms with Gasteiger partial charge in [-0.15, -0.1) is 0 Å². The number of pyridine rings is 1. The first-order valence-electron chi connectivity index (χ1n) is 5.97. The van der Waals surface area contributed by atoms with E-state index in [1.807, 2.05) is 11.8 Å². The maximum atomic E-state index is 11.9. The molecule has 2 heterocycles. The van der Waals surface area contributed by atoms with Crippen molar-refractivity contribution in [3.05, 3.63) is 22.8 Å². The van der Waals surface area contributed by atoms with Crippen LogP contribution in [-0.4, -0.2) is 28.4 Å². The van der Waals surface area contributed by atoms with E-state index < -0.39 is 0 Å². The van der Waals surface area contributed by atoms with E-state index in [4.69, 9.17) is 17.3 Å². The topological polar surface area (TPSA) is 68.0 Å². The molecule has 0 spiro atoms. The van der Waals surface area contributed by atoms with E-state index >= 15 is 0 Å². The number of hydrogen-bond donors (Lipinski definition) is 2. The Labute approximate surface area is 116 Å². The van der Waals surface area contributed by atoms with Crippen LogP contribution in [-0.2, 0) is 0 Å². The highest BCUT2D eigenvalue weighted by atomic mass is 35.5. The Balaban J connectivity index is 1.88. The van der Waals surface area contributed by atoms with E-state index in [2.05, 4.69) is 10.3 Å². The predicted octanol–water partition coefficient (Wildman–Crippen LogP) is 2.33. The third kappa shape index (κ3) is 3.53. The van der Waals surface area contributed by atoms with Gasteiger partial charge in [-0.05, 0) is 24.7 Å². The van der Waals surface area contributed by atoms with Crippen molar-refractivity contribution in [2.45, 2.75) is 24.5 Å². The van der Waals surface area contributed by atoms with Gasteiger partial charge in [0.05, 0.1) is 10.6 Å². The molecule has 6 heteroatoms. The van der Waals surface area contributed by atoms with E-state index in [0.29, 0.717) is 22.4 Å². The quantitative estimate of drug-likeness (QED) is 0.894. The fraction of sp³-hybridized carbons (Fsp3) is 0.500.